The second kappa shape index (κ2) is 6.23. The van der Waals surface area contributed by atoms with E-state index in [2.05, 4.69) is 0 Å². The minimum atomic E-state index is -0.830. The summed E-state index contributed by atoms with van der Waals surface area (Å²) < 4.78 is 15.9. The maximum absolute atomic E-state index is 12.2. The zero-order valence-corrected chi connectivity index (χ0v) is 12.7. The molecule has 2 heterocycles. The molecule has 0 radical (unpaired) electrons. The third kappa shape index (κ3) is 2.74. The van der Waals surface area contributed by atoms with Crippen molar-refractivity contribution < 1.29 is 28.9 Å². The standard InChI is InChI=1S/C14H21NO6/c1-7-8(2)13(18)15(12(7)17)9-5-10(16)11(6-19-3)21-14(9)20-4/h9-11,14,16H,5-6H2,1-4H3/t9-,10+,11-,14+/m1/s1. The molecule has 7 heteroatoms. The van der Waals surface area contributed by atoms with Gasteiger partial charge in [-0.15, -0.1) is 0 Å². The van der Waals surface area contributed by atoms with Gasteiger partial charge >= 0.3 is 0 Å². The van der Waals surface area contributed by atoms with Gasteiger partial charge in [-0.25, -0.2) is 0 Å². The van der Waals surface area contributed by atoms with Gasteiger partial charge in [0.2, 0.25) is 0 Å². The van der Waals surface area contributed by atoms with Gasteiger partial charge in [0.1, 0.15) is 6.10 Å². The van der Waals surface area contributed by atoms with Gasteiger partial charge in [0.05, 0.1) is 18.8 Å². The van der Waals surface area contributed by atoms with Crippen LogP contribution in [-0.4, -0.2) is 67.2 Å². The molecule has 0 bridgehead atoms. The fourth-order valence-corrected chi connectivity index (χ4v) is 2.69. The van der Waals surface area contributed by atoms with Crippen LogP contribution in [0.3, 0.4) is 0 Å². The van der Waals surface area contributed by atoms with E-state index in [4.69, 9.17) is 14.2 Å². The predicted molar refractivity (Wildman–Crippen MR) is 72.2 cm³/mol. The second-order valence-corrected chi connectivity index (χ2v) is 5.33. The van der Waals surface area contributed by atoms with E-state index in [1.807, 2.05) is 0 Å². The van der Waals surface area contributed by atoms with Gasteiger partial charge in [-0.1, -0.05) is 0 Å². The number of rotatable bonds is 4. The van der Waals surface area contributed by atoms with E-state index in [0.29, 0.717) is 11.1 Å². The Kier molecular flexibility index (Phi) is 4.77. The largest absolute Gasteiger partial charge is 0.390 e. The van der Waals surface area contributed by atoms with Crippen LogP contribution in [0.1, 0.15) is 20.3 Å². The summed E-state index contributed by atoms with van der Waals surface area (Å²) in [4.78, 5) is 25.6. The number of aliphatic hydroxyl groups is 1. The molecule has 0 aromatic heterocycles. The average molecular weight is 299 g/mol. The van der Waals surface area contributed by atoms with Crippen LogP contribution in [-0.2, 0) is 23.8 Å². The van der Waals surface area contributed by atoms with Crippen LogP contribution < -0.4 is 0 Å². The summed E-state index contributed by atoms with van der Waals surface area (Å²) in [5.74, 6) is -0.712. The quantitative estimate of drug-likeness (QED) is 0.725. The van der Waals surface area contributed by atoms with E-state index in [1.54, 1.807) is 13.8 Å². The van der Waals surface area contributed by atoms with Crippen molar-refractivity contribution in [3.8, 4) is 0 Å². The number of amides is 2. The molecule has 1 fully saturated rings. The highest BCUT2D eigenvalue weighted by atomic mass is 16.7. The highest BCUT2D eigenvalue weighted by Crippen LogP contribution is 2.31. The molecule has 2 amide bonds. The number of aliphatic hydroxyl groups excluding tert-OH is 1. The minimum absolute atomic E-state index is 0.199. The summed E-state index contributed by atoms with van der Waals surface area (Å²) in [6, 6.07) is -0.648. The van der Waals surface area contributed by atoms with E-state index in [1.165, 1.54) is 14.2 Å². The molecule has 0 spiro atoms. The normalized spacial score (nSPS) is 34.0. The zero-order chi connectivity index (χ0) is 15.7. The van der Waals surface area contributed by atoms with Crippen LogP contribution in [0.25, 0.3) is 0 Å². The average Bonchev–Trinajstić information content (AvgIpc) is 2.65. The van der Waals surface area contributed by atoms with Gasteiger partial charge in [-0.2, -0.15) is 0 Å². The Labute approximate surface area is 123 Å². The Hall–Kier alpha value is -1.28. The lowest BCUT2D eigenvalue weighted by Gasteiger charge is -2.41. The second-order valence-electron chi connectivity index (χ2n) is 5.33. The van der Waals surface area contributed by atoms with Crippen LogP contribution in [0.4, 0.5) is 0 Å². The predicted octanol–water partition coefficient (Wildman–Crippen LogP) is -0.171. The van der Waals surface area contributed by atoms with E-state index in [0.717, 1.165) is 4.90 Å². The van der Waals surface area contributed by atoms with Crippen molar-refractivity contribution in [1.29, 1.82) is 0 Å². The number of hydrogen-bond donors (Lipinski definition) is 1. The van der Waals surface area contributed by atoms with Crippen LogP contribution in [0, 0.1) is 0 Å². The summed E-state index contributed by atoms with van der Waals surface area (Å²) in [6.45, 7) is 3.45. The van der Waals surface area contributed by atoms with Gasteiger partial charge < -0.3 is 19.3 Å². The summed E-state index contributed by atoms with van der Waals surface area (Å²) in [5, 5.41) is 10.1. The van der Waals surface area contributed by atoms with Gasteiger partial charge in [0.25, 0.3) is 11.8 Å². The summed E-state index contributed by atoms with van der Waals surface area (Å²) in [6.07, 6.45) is -1.95. The van der Waals surface area contributed by atoms with Crippen molar-refractivity contribution in [2.75, 3.05) is 20.8 Å². The molecule has 2 aliphatic heterocycles. The van der Waals surface area contributed by atoms with Crippen molar-refractivity contribution in [3.05, 3.63) is 11.1 Å². The van der Waals surface area contributed by atoms with Crippen LogP contribution in [0.15, 0.2) is 11.1 Å². The molecular formula is C14H21NO6. The highest BCUT2D eigenvalue weighted by Gasteiger charge is 2.47. The zero-order valence-electron chi connectivity index (χ0n) is 12.7. The van der Waals surface area contributed by atoms with E-state index >= 15 is 0 Å². The lowest BCUT2D eigenvalue weighted by Crippen LogP contribution is -2.58. The lowest BCUT2D eigenvalue weighted by molar-refractivity contribution is -0.246. The Balaban J connectivity index is 2.20. The molecule has 7 nitrogen and oxygen atoms in total. The van der Waals surface area contributed by atoms with Crippen LogP contribution in [0.5, 0.6) is 0 Å². The molecule has 0 aromatic carbocycles. The number of ether oxygens (including phenoxy) is 3. The van der Waals surface area contributed by atoms with Crippen molar-refractivity contribution in [2.45, 2.75) is 44.8 Å². The number of carbonyl (C=O) groups excluding carboxylic acids is 2. The molecule has 21 heavy (non-hydrogen) atoms. The SMILES string of the molecule is COC[C@H]1O[C@H](OC)[C@H](N2C(=O)C(C)=C(C)C2=O)C[C@@H]1O. The smallest absolute Gasteiger partial charge is 0.257 e. The van der Waals surface area contributed by atoms with Gasteiger partial charge in [-0.3, -0.25) is 14.5 Å². The van der Waals surface area contributed by atoms with Gasteiger partial charge in [-0.05, 0) is 13.8 Å². The molecule has 0 saturated carbocycles. The molecule has 1 N–H and O–H groups in total. The number of carbonyl (C=O) groups is 2. The molecule has 2 rings (SSSR count). The first kappa shape index (κ1) is 16.1. The summed E-state index contributed by atoms with van der Waals surface area (Å²) >= 11 is 0. The van der Waals surface area contributed by atoms with E-state index in [-0.39, 0.29) is 24.8 Å². The lowest BCUT2D eigenvalue weighted by atomic mass is 9.99. The molecule has 1 saturated heterocycles. The van der Waals surface area contributed by atoms with Crippen molar-refractivity contribution in [3.63, 3.8) is 0 Å². The molecule has 0 aliphatic carbocycles. The van der Waals surface area contributed by atoms with Crippen molar-refractivity contribution in [1.82, 2.24) is 4.90 Å². The Morgan fingerprint density at radius 3 is 2.29 bits per heavy atom. The molecule has 2 aliphatic rings. The minimum Gasteiger partial charge on any atom is -0.390 e. The number of nitrogens with zero attached hydrogens (tertiary/aromatic N) is 1. The Morgan fingerprint density at radius 2 is 1.81 bits per heavy atom. The fourth-order valence-electron chi connectivity index (χ4n) is 2.69. The molecule has 0 aromatic rings. The maximum atomic E-state index is 12.2. The first-order valence-electron chi connectivity index (χ1n) is 6.83. The number of methoxy groups -OCH3 is 2. The van der Waals surface area contributed by atoms with Gasteiger partial charge in [0.15, 0.2) is 6.29 Å². The third-order valence-electron chi connectivity index (χ3n) is 4.07. The first-order chi connectivity index (χ1) is 9.92. The maximum Gasteiger partial charge on any atom is 0.257 e. The van der Waals surface area contributed by atoms with Gasteiger partial charge in [0, 0.05) is 31.8 Å². The van der Waals surface area contributed by atoms with Crippen LogP contribution >= 0.6 is 0 Å². The number of imide groups is 1. The Morgan fingerprint density at radius 1 is 1.24 bits per heavy atom. The van der Waals surface area contributed by atoms with E-state index < -0.39 is 24.5 Å². The molecular weight excluding hydrogens is 278 g/mol. The first-order valence-corrected chi connectivity index (χ1v) is 6.83. The molecule has 0 unspecified atom stereocenters. The summed E-state index contributed by atoms with van der Waals surface area (Å²) in [7, 11) is 2.95. The fraction of sp³-hybridized carbons (Fsp3) is 0.714. The molecule has 118 valence electrons. The molecule has 4 atom stereocenters. The van der Waals surface area contributed by atoms with Crippen molar-refractivity contribution >= 4 is 11.8 Å². The third-order valence-corrected chi connectivity index (χ3v) is 4.07. The Bertz CT molecular complexity index is 450. The highest BCUT2D eigenvalue weighted by molar-refractivity contribution is 6.19. The summed E-state index contributed by atoms with van der Waals surface area (Å²) in [5.41, 5.74) is 0.840. The monoisotopic (exact) mass is 299 g/mol. The van der Waals surface area contributed by atoms with E-state index in [9.17, 15) is 14.7 Å². The topological polar surface area (TPSA) is 85.3 Å². The van der Waals surface area contributed by atoms with Crippen LogP contribution in [0.2, 0.25) is 0 Å². The van der Waals surface area contributed by atoms with Crippen molar-refractivity contribution in [2.24, 2.45) is 0 Å². The number of hydrogen-bond acceptors (Lipinski definition) is 6.